The van der Waals surface area contributed by atoms with E-state index in [0.717, 1.165) is 29.8 Å². The zero-order valence-electron chi connectivity index (χ0n) is 13.4. The molecule has 2 aromatic heterocycles. The molecule has 24 heavy (non-hydrogen) atoms. The van der Waals surface area contributed by atoms with E-state index in [9.17, 15) is 4.79 Å². The number of pyridine rings is 1. The molecule has 0 spiro atoms. The molecular weight excluding hydrogens is 345 g/mol. The molecule has 0 aliphatic carbocycles. The lowest BCUT2D eigenvalue weighted by Crippen LogP contribution is -2.17. The molecule has 0 bridgehead atoms. The summed E-state index contributed by atoms with van der Waals surface area (Å²) in [6.45, 7) is 3.96. The van der Waals surface area contributed by atoms with Crippen LogP contribution in [0.15, 0.2) is 36.5 Å². The first-order valence-corrected chi connectivity index (χ1v) is 8.49. The molecule has 2 heterocycles. The van der Waals surface area contributed by atoms with Crippen LogP contribution in [0.25, 0.3) is 5.65 Å². The zero-order valence-corrected chi connectivity index (χ0v) is 14.9. The molecule has 0 aliphatic heterocycles. The fourth-order valence-corrected chi connectivity index (χ4v) is 3.06. The van der Waals surface area contributed by atoms with Crippen molar-refractivity contribution in [2.75, 3.05) is 5.32 Å². The number of imidazole rings is 1. The van der Waals surface area contributed by atoms with Crippen LogP contribution in [-0.4, -0.2) is 15.3 Å². The second-order valence-corrected chi connectivity index (χ2v) is 6.52. The van der Waals surface area contributed by atoms with Crippen molar-refractivity contribution in [1.29, 1.82) is 0 Å². The van der Waals surface area contributed by atoms with Gasteiger partial charge in [-0.05, 0) is 49.2 Å². The van der Waals surface area contributed by atoms with Crippen LogP contribution in [-0.2, 0) is 6.42 Å². The Morgan fingerprint density at radius 1 is 1.21 bits per heavy atom. The molecule has 0 atom stereocenters. The molecular formula is C18H17Cl2N3O. The van der Waals surface area contributed by atoms with Gasteiger partial charge in [0.1, 0.15) is 11.3 Å². The normalized spacial score (nSPS) is 11.0. The Morgan fingerprint density at radius 2 is 1.96 bits per heavy atom. The van der Waals surface area contributed by atoms with E-state index in [1.807, 2.05) is 19.1 Å². The summed E-state index contributed by atoms with van der Waals surface area (Å²) in [5, 5.41) is 4.14. The molecule has 1 aromatic carbocycles. The van der Waals surface area contributed by atoms with Crippen molar-refractivity contribution in [2.24, 2.45) is 0 Å². The quantitative estimate of drug-likeness (QED) is 0.697. The summed E-state index contributed by atoms with van der Waals surface area (Å²) in [4.78, 5) is 17.5. The Hall–Kier alpha value is -2.04. The highest BCUT2D eigenvalue weighted by atomic mass is 35.5. The molecule has 6 heteroatoms. The maximum atomic E-state index is 12.9. The van der Waals surface area contributed by atoms with Gasteiger partial charge in [0.25, 0.3) is 5.91 Å². The lowest BCUT2D eigenvalue weighted by Gasteiger charge is -2.10. The number of hydrogen-bond acceptors (Lipinski definition) is 2. The fraction of sp³-hybridized carbons (Fsp3) is 0.222. The number of rotatable bonds is 4. The SMILES string of the molecule is CCCc1nc2ccc(Cl)cn2c1C(=O)Nc1ccc(Cl)cc1C. The monoisotopic (exact) mass is 361 g/mol. The Labute approximate surface area is 150 Å². The Bertz CT molecular complexity index is 918. The number of nitrogens with one attached hydrogen (secondary N) is 1. The first kappa shape index (κ1) is 16.8. The molecule has 4 nitrogen and oxygen atoms in total. The van der Waals surface area contributed by atoms with E-state index in [2.05, 4.69) is 17.2 Å². The molecule has 3 rings (SSSR count). The first-order chi connectivity index (χ1) is 11.5. The number of amides is 1. The van der Waals surface area contributed by atoms with Gasteiger partial charge in [-0.25, -0.2) is 4.98 Å². The van der Waals surface area contributed by atoms with Crippen molar-refractivity contribution in [3.05, 3.63) is 63.5 Å². The highest BCUT2D eigenvalue weighted by Gasteiger charge is 2.19. The van der Waals surface area contributed by atoms with Crippen LogP contribution in [0.3, 0.4) is 0 Å². The van der Waals surface area contributed by atoms with Crippen molar-refractivity contribution in [1.82, 2.24) is 9.38 Å². The molecule has 0 radical (unpaired) electrons. The smallest absolute Gasteiger partial charge is 0.274 e. The number of aryl methyl sites for hydroxylation is 2. The topological polar surface area (TPSA) is 46.4 Å². The standard InChI is InChI=1S/C18H17Cl2N3O/c1-3-4-15-17(23-10-13(20)6-8-16(23)21-15)18(24)22-14-7-5-12(19)9-11(14)2/h5-10H,3-4H2,1-2H3,(H,22,24). The van der Waals surface area contributed by atoms with E-state index in [-0.39, 0.29) is 5.91 Å². The summed E-state index contributed by atoms with van der Waals surface area (Å²) < 4.78 is 1.74. The number of halogens is 2. The van der Waals surface area contributed by atoms with Crippen molar-refractivity contribution >= 4 is 40.4 Å². The molecule has 0 aliphatic rings. The van der Waals surface area contributed by atoms with E-state index >= 15 is 0 Å². The molecule has 0 saturated heterocycles. The van der Waals surface area contributed by atoms with Crippen LogP contribution in [0.1, 0.15) is 35.1 Å². The number of hydrogen-bond donors (Lipinski definition) is 1. The first-order valence-electron chi connectivity index (χ1n) is 7.73. The summed E-state index contributed by atoms with van der Waals surface area (Å²) in [6.07, 6.45) is 3.34. The third-order valence-electron chi connectivity index (χ3n) is 3.79. The summed E-state index contributed by atoms with van der Waals surface area (Å²) in [5.74, 6) is -0.210. The molecule has 0 fully saturated rings. The van der Waals surface area contributed by atoms with Crippen molar-refractivity contribution in [3.63, 3.8) is 0 Å². The number of benzene rings is 1. The number of carbonyl (C=O) groups excluding carboxylic acids is 1. The largest absolute Gasteiger partial charge is 0.320 e. The number of carbonyl (C=O) groups is 1. The number of aromatic nitrogens is 2. The van der Waals surface area contributed by atoms with Crippen LogP contribution >= 0.6 is 23.2 Å². The van der Waals surface area contributed by atoms with Gasteiger partial charge < -0.3 is 5.32 Å². The summed E-state index contributed by atoms with van der Waals surface area (Å²) in [7, 11) is 0. The molecule has 0 unspecified atom stereocenters. The van der Waals surface area contributed by atoms with Gasteiger partial charge in [0.05, 0.1) is 10.7 Å². The van der Waals surface area contributed by atoms with Gasteiger partial charge in [0.15, 0.2) is 0 Å². The van der Waals surface area contributed by atoms with Crippen LogP contribution in [0, 0.1) is 6.92 Å². The molecule has 0 saturated carbocycles. The minimum Gasteiger partial charge on any atom is -0.320 e. The summed E-state index contributed by atoms with van der Waals surface area (Å²) >= 11 is 12.1. The van der Waals surface area contributed by atoms with Gasteiger partial charge in [-0.3, -0.25) is 9.20 Å². The Balaban J connectivity index is 2.04. The minimum absolute atomic E-state index is 0.210. The number of nitrogens with zero attached hydrogens (tertiary/aromatic N) is 2. The van der Waals surface area contributed by atoms with Crippen molar-refractivity contribution in [3.8, 4) is 0 Å². The van der Waals surface area contributed by atoms with E-state index in [0.29, 0.717) is 21.4 Å². The van der Waals surface area contributed by atoms with Crippen LogP contribution in [0.4, 0.5) is 5.69 Å². The van der Waals surface area contributed by atoms with E-state index in [1.54, 1.807) is 28.8 Å². The van der Waals surface area contributed by atoms with E-state index in [1.165, 1.54) is 0 Å². The molecule has 1 N–H and O–H groups in total. The Morgan fingerprint density at radius 3 is 2.67 bits per heavy atom. The van der Waals surface area contributed by atoms with E-state index < -0.39 is 0 Å². The lowest BCUT2D eigenvalue weighted by atomic mass is 10.1. The lowest BCUT2D eigenvalue weighted by molar-refractivity contribution is 0.102. The van der Waals surface area contributed by atoms with Crippen LogP contribution < -0.4 is 5.32 Å². The minimum atomic E-state index is -0.210. The number of anilines is 1. The van der Waals surface area contributed by atoms with Gasteiger partial charge in [0.2, 0.25) is 0 Å². The highest BCUT2D eigenvalue weighted by Crippen LogP contribution is 2.23. The van der Waals surface area contributed by atoms with Crippen LogP contribution in [0.5, 0.6) is 0 Å². The molecule has 3 aromatic rings. The van der Waals surface area contributed by atoms with E-state index in [4.69, 9.17) is 23.2 Å². The summed E-state index contributed by atoms with van der Waals surface area (Å²) in [5.41, 5.74) is 3.62. The molecule has 124 valence electrons. The third kappa shape index (κ3) is 3.25. The maximum Gasteiger partial charge on any atom is 0.274 e. The predicted molar refractivity (Wildman–Crippen MR) is 98.3 cm³/mol. The predicted octanol–water partition coefficient (Wildman–Crippen LogP) is 5.15. The maximum absolute atomic E-state index is 12.9. The van der Waals surface area contributed by atoms with Gasteiger partial charge >= 0.3 is 0 Å². The van der Waals surface area contributed by atoms with Crippen LogP contribution in [0.2, 0.25) is 10.0 Å². The highest BCUT2D eigenvalue weighted by molar-refractivity contribution is 6.31. The summed E-state index contributed by atoms with van der Waals surface area (Å²) in [6, 6.07) is 8.94. The average Bonchev–Trinajstić information content (AvgIpc) is 2.87. The fourth-order valence-electron chi connectivity index (χ4n) is 2.67. The third-order valence-corrected chi connectivity index (χ3v) is 4.25. The Kier molecular flexibility index (Phi) is 4.78. The van der Waals surface area contributed by atoms with Gasteiger partial charge in [-0.1, -0.05) is 36.5 Å². The average molecular weight is 362 g/mol. The van der Waals surface area contributed by atoms with Crippen molar-refractivity contribution in [2.45, 2.75) is 26.7 Å². The zero-order chi connectivity index (χ0) is 17.3. The second kappa shape index (κ2) is 6.83. The second-order valence-electron chi connectivity index (χ2n) is 5.65. The van der Waals surface area contributed by atoms with Gasteiger partial charge in [0, 0.05) is 16.9 Å². The van der Waals surface area contributed by atoms with Crippen molar-refractivity contribution < 1.29 is 4.79 Å². The number of fused-ring (bicyclic) bond motifs is 1. The van der Waals surface area contributed by atoms with Gasteiger partial charge in [-0.15, -0.1) is 0 Å². The van der Waals surface area contributed by atoms with Gasteiger partial charge in [-0.2, -0.15) is 0 Å². The molecule has 1 amide bonds.